The topological polar surface area (TPSA) is 95.9 Å². The van der Waals surface area contributed by atoms with Gasteiger partial charge < -0.3 is 20.3 Å². The van der Waals surface area contributed by atoms with E-state index in [1.165, 1.54) is 11.8 Å². The predicted molar refractivity (Wildman–Crippen MR) is 183 cm³/mol. The normalized spacial score (nSPS) is 15.5. The molecule has 4 atom stereocenters. The molecule has 0 radical (unpaired) electrons. The van der Waals surface area contributed by atoms with Crippen molar-refractivity contribution in [1.29, 1.82) is 0 Å². The smallest absolute Gasteiger partial charge is 0.407 e. The number of ether oxygens (including phenoxy) is 1. The van der Waals surface area contributed by atoms with E-state index in [1.807, 2.05) is 82.3 Å². The highest BCUT2D eigenvalue weighted by Crippen LogP contribution is 2.44. The van der Waals surface area contributed by atoms with Crippen LogP contribution in [0.3, 0.4) is 0 Å². The first kappa shape index (κ1) is 34.5. The van der Waals surface area contributed by atoms with Gasteiger partial charge in [-0.15, -0.1) is 0 Å². The summed E-state index contributed by atoms with van der Waals surface area (Å²) in [7, 11) is 0. The molecule has 240 valence electrons. The van der Waals surface area contributed by atoms with Gasteiger partial charge in [0.25, 0.3) is 0 Å². The molecular formula is C38H47NO5S. The molecule has 3 N–H and O–H groups in total. The van der Waals surface area contributed by atoms with Crippen molar-refractivity contribution in [3.05, 3.63) is 108 Å². The molecule has 0 aliphatic heterocycles. The van der Waals surface area contributed by atoms with E-state index in [-0.39, 0.29) is 35.9 Å². The summed E-state index contributed by atoms with van der Waals surface area (Å²) in [6, 6.07) is 25.7. The number of hydrogen-bond acceptors (Lipinski definition) is 6. The zero-order valence-electron chi connectivity index (χ0n) is 26.8. The van der Waals surface area contributed by atoms with Crippen molar-refractivity contribution in [2.24, 2.45) is 17.8 Å². The van der Waals surface area contributed by atoms with Crippen LogP contribution in [0.2, 0.25) is 0 Å². The van der Waals surface area contributed by atoms with Gasteiger partial charge in [-0.1, -0.05) is 130 Å². The molecule has 1 aliphatic carbocycles. The van der Waals surface area contributed by atoms with Crippen LogP contribution >= 0.6 is 11.8 Å². The van der Waals surface area contributed by atoms with Crippen molar-refractivity contribution in [2.75, 3.05) is 6.61 Å². The van der Waals surface area contributed by atoms with Gasteiger partial charge in [0.1, 0.15) is 6.61 Å². The van der Waals surface area contributed by atoms with E-state index in [1.54, 1.807) is 12.2 Å². The third kappa shape index (κ3) is 9.80. The van der Waals surface area contributed by atoms with Gasteiger partial charge in [-0.2, -0.15) is 0 Å². The van der Waals surface area contributed by atoms with E-state index in [4.69, 9.17) is 4.74 Å². The number of carbonyl (C=O) groups excluding carboxylic acids is 2. The first-order valence-electron chi connectivity index (χ1n) is 16.0. The fourth-order valence-corrected chi connectivity index (χ4v) is 6.94. The number of rotatable bonds is 15. The Morgan fingerprint density at radius 3 is 2.02 bits per heavy atom. The molecular weight excluding hydrogens is 582 g/mol. The average Bonchev–Trinajstić information content (AvgIpc) is 3.34. The molecule has 0 saturated carbocycles. The van der Waals surface area contributed by atoms with Crippen LogP contribution < -0.4 is 5.32 Å². The summed E-state index contributed by atoms with van der Waals surface area (Å²) < 4.78 is 5.74. The summed E-state index contributed by atoms with van der Waals surface area (Å²) in [6.07, 6.45) is 2.25. The van der Waals surface area contributed by atoms with Crippen LogP contribution in [0, 0.1) is 17.8 Å². The molecule has 1 amide bonds. The zero-order chi connectivity index (χ0) is 32.3. The second-order valence-corrected chi connectivity index (χ2v) is 13.7. The molecule has 0 spiro atoms. The van der Waals surface area contributed by atoms with Gasteiger partial charge in [0.2, 0.25) is 0 Å². The van der Waals surface area contributed by atoms with Gasteiger partial charge in [-0.3, -0.25) is 4.79 Å². The summed E-state index contributed by atoms with van der Waals surface area (Å²) >= 11 is 1.23. The lowest BCUT2D eigenvalue weighted by Crippen LogP contribution is -2.44. The molecule has 1 aliphatic rings. The van der Waals surface area contributed by atoms with E-state index < -0.39 is 30.3 Å². The Kier molecular flexibility index (Phi) is 12.9. The number of benzene rings is 3. The molecule has 0 fully saturated rings. The lowest BCUT2D eigenvalue weighted by Gasteiger charge is -2.25. The monoisotopic (exact) mass is 629 g/mol. The second-order valence-electron chi connectivity index (χ2n) is 12.8. The minimum atomic E-state index is -0.964. The standard InChI is InChI=1S/C38H47NO5S/c1-25(2)21-32(37(42)45-24-27-13-6-5-7-14-27)35(40)19-12-20-36(41)34(22-26(3)4)39-38(43)44-23-33-30-17-10-8-15-28(30)29-16-9-11-18-31(29)33/h5-19,25-26,32-36,40-41H,20-24H2,1-4H3,(H,39,43)/b19-12-/t32-,34-,35-,36-/m1/s1. The highest BCUT2D eigenvalue weighted by Gasteiger charge is 2.30. The number of aliphatic hydroxyl groups is 2. The average molecular weight is 630 g/mol. The van der Waals surface area contributed by atoms with Crippen molar-refractivity contribution in [3.8, 4) is 11.1 Å². The number of carbonyl (C=O) groups is 2. The minimum Gasteiger partial charge on any atom is -0.449 e. The number of hydrogen-bond donors (Lipinski definition) is 3. The fraction of sp³-hybridized carbons (Fsp3) is 0.421. The number of nitrogens with one attached hydrogen (secondary N) is 1. The number of thioether (sulfide) groups is 1. The van der Waals surface area contributed by atoms with E-state index in [9.17, 15) is 19.8 Å². The van der Waals surface area contributed by atoms with Crippen LogP contribution in [0.5, 0.6) is 0 Å². The summed E-state index contributed by atoms with van der Waals surface area (Å²) in [6.45, 7) is 8.34. The van der Waals surface area contributed by atoms with Gasteiger partial charge in [0.15, 0.2) is 5.12 Å². The van der Waals surface area contributed by atoms with Crippen LogP contribution in [-0.4, -0.2) is 46.3 Å². The van der Waals surface area contributed by atoms with Crippen LogP contribution in [0.15, 0.2) is 91.0 Å². The van der Waals surface area contributed by atoms with Gasteiger partial charge in [-0.05, 0) is 58.9 Å². The van der Waals surface area contributed by atoms with E-state index in [0.29, 0.717) is 18.6 Å². The Hall–Kier alpha value is -3.39. The molecule has 0 bridgehead atoms. The van der Waals surface area contributed by atoms with E-state index in [2.05, 4.69) is 29.6 Å². The van der Waals surface area contributed by atoms with Crippen molar-refractivity contribution in [1.82, 2.24) is 5.32 Å². The van der Waals surface area contributed by atoms with Gasteiger partial charge >= 0.3 is 6.09 Å². The fourth-order valence-electron chi connectivity index (χ4n) is 5.99. The first-order valence-corrected chi connectivity index (χ1v) is 17.0. The molecule has 4 rings (SSSR count). The SMILES string of the molecule is CC(C)C[C@@H](NC(=O)OCC1c2ccccc2-c2ccccc21)[C@H](O)C/C=C\[C@@H](O)[C@@H](CC(C)C)C(=O)SCc1ccccc1. The molecule has 45 heavy (non-hydrogen) atoms. The Morgan fingerprint density at radius 2 is 1.42 bits per heavy atom. The lowest BCUT2D eigenvalue weighted by molar-refractivity contribution is -0.117. The first-order chi connectivity index (χ1) is 21.6. The Morgan fingerprint density at radius 1 is 0.844 bits per heavy atom. The Labute approximate surface area is 272 Å². The maximum Gasteiger partial charge on any atom is 0.407 e. The molecule has 6 nitrogen and oxygen atoms in total. The molecule has 0 unspecified atom stereocenters. The summed E-state index contributed by atoms with van der Waals surface area (Å²) in [5.41, 5.74) is 5.67. The van der Waals surface area contributed by atoms with Crippen LogP contribution in [0.4, 0.5) is 4.79 Å². The largest absolute Gasteiger partial charge is 0.449 e. The Balaban J connectivity index is 1.33. The predicted octanol–water partition coefficient (Wildman–Crippen LogP) is 7.73. The number of alkyl carbamates (subject to hydrolysis) is 1. The van der Waals surface area contributed by atoms with Crippen LogP contribution in [0.1, 0.15) is 69.6 Å². The maximum atomic E-state index is 13.1. The molecule has 3 aromatic carbocycles. The van der Waals surface area contributed by atoms with Crippen molar-refractivity contribution in [2.45, 2.75) is 76.9 Å². The van der Waals surface area contributed by atoms with Crippen LogP contribution in [-0.2, 0) is 15.3 Å². The lowest BCUT2D eigenvalue weighted by atomic mass is 9.92. The molecule has 0 aromatic heterocycles. The van der Waals surface area contributed by atoms with Crippen LogP contribution in [0.25, 0.3) is 11.1 Å². The van der Waals surface area contributed by atoms with Crippen molar-refractivity contribution >= 4 is 23.0 Å². The molecule has 0 saturated heterocycles. The van der Waals surface area contributed by atoms with Gasteiger partial charge in [0, 0.05) is 11.7 Å². The quantitative estimate of drug-likeness (QED) is 0.149. The van der Waals surface area contributed by atoms with E-state index >= 15 is 0 Å². The highest BCUT2D eigenvalue weighted by atomic mass is 32.2. The number of amides is 1. The third-order valence-electron chi connectivity index (χ3n) is 8.21. The minimum absolute atomic E-state index is 0.0418. The summed E-state index contributed by atoms with van der Waals surface area (Å²) in [5, 5.41) is 24.9. The summed E-state index contributed by atoms with van der Waals surface area (Å²) in [4.78, 5) is 26.1. The highest BCUT2D eigenvalue weighted by molar-refractivity contribution is 8.13. The molecule has 7 heteroatoms. The molecule has 0 heterocycles. The Bertz CT molecular complexity index is 1380. The van der Waals surface area contributed by atoms with Gasteiger partial charge in [-0.25, -0.2) is 4.79 Å². The maximum absolute atomic E-state index is 13.1. The van der Waals surface area contributed by atoms with Crippen molar-refractivity contribution < 1.29 is 24.5 Å². The number of fused-ring (bicyclic) bond motifs is 3. The van der Waals surface area contributed by atoms with Gasteiger partial charge in [0.05, 0.1) is 24.2 Å². The van der Waals surface area contributed by atoms with E-state index in [0.717, 1.165) is 27.8 Å². The number of aliphatic hydroxyl groups excluding tert-OH is 2. The summed E-state index contributed by atoms with van der Waals surface area (Å²) in [5.74, 6) is 0.428. The second kappa shape index (κ2) is 16.8. The van der Waals surface area contributed by atoms with Crippen molar-refractivity contribution in [3.63, 3.8) is 0 Å². The molecule has 3 aromatic rings. The third-order valence-corrected chi connectivity index (χ3v) is 9.28. The zero-order valence-corrected chi connectivity index (χ0v) is 27.6.